The summed E-state index contributed by atoms with van der Waals surface area (Å²) in [4.78, 5) is 53.2. The number of benzene rings is 2. The van der Waals surface area contributed by atoms with Crippen molar-refractivity contribution in [2.45, 2.75) is 93.4 Å². The Morgan fingerprint density at radius 1 is 1.00 bits per heavy atom. The molecular formula is C50H58F2N4O9. The highest BCUT2D eigenvalue weighted by molar-refractivity contribution is 5.96. The van der Waals surface area contributed by atoms with E-state index >= 15 is 13.6 Å². The summed E-state index contributed by atoms with van der Waals surface area (Å²) in [6, 6.07) is 10.5. The Morgan fingerprint density at radius 3 is 2.46 bits per heavy atom. The quantitative estimate of drug-likeness (QED) is 0.115. The number of aromatic amines is 1. The fourth-order valence-electron chi connectivity index (χ4n) is 14.1. The number of hydrogen-bond acceptors (Lipinski definition) is 12. The van der Waals surface area contributed by atoms with E-state index in [2.05, 4.69) is 20.9 Å². The van der Waals surface area contributed by atoms with Crippen molar-refractivity contribution in [1.82, 2.24) is 14.8 Å². The number of esters is 3. The second-order valence-corrected chi connectivity index (χ2v) is 19.6. The van der Waals surface area contributed by atoms with E-state index in [1.54, 1.807) is 12.5 Å². The minimum Gasteiger partial charge on any atom is -0.496 e. The molecule has 2 saturated heterocycles. The topological polar surface area (TPSA) is 147 Å². The highest BCUT2D eigenvalue weighted by Gasteiger charge is 2.80. The van der Waals surface area contributed by atoms with Crippen molar-refractivity contribution in [3.8, 4) is 16.9 Å². The number of piperidine rings is 1. The van der Waals surface area contributed by atoms with Crippen LogP contribution in [0.5, 0.6) is 5.75 Å². The molecule has 15 heteroatoms. The molecule has 4 aromatic rings. The summed E-state index contributed by atoms with van der Waals surface area (Å²) >= 11 is 0. The molecular weight excluding hydrogens is 839 g/mol. The number of fused-ring (bicyclic) bond motifs is 6. The standard InChI is InChI=1S/C50H58F2N4O9/c1-8-47-14-9-16-56-18-15-48(41(47)56)35-22-36(39(61-5)23-38(35)54(4)42(48)50(60,45(59)63-7)43(47)65-28(2)57)49(44(58)62-6)24-29-20-32(46(3,51)52)26-55(25-29)17-12-33-34-21-30(31-13-19-64-27-31)10-11-37(34)53-40(33)49/h9-11,13-14,19,21-23,27,29,32,41-43,53,60H,8,12,15-18,20,24-26H2,1-7H3/t29-,32-,41+,42-,43-,47-,48-,49+,50+/m1/s1. The van der Waals surface area contributed by atoms with Crippen LogP contribution in [-0.4, -0.2) is 129 Å². The number of halogens is 2. The minimum atomic E-state index is -2.96. The molecule has 1 spiro atoms. The molecule has 2 aromatic heterocycles. The molecule has 2 bridgehead atoms. The number of carbonyl (C=O) groups is 3. The Labute approximate surface area is 377 Å². The molecule has 1 unspecified atom stereocenters. The first-order chi connectivity index (χ1) is 31.0. The molecule has 7 heterocycles. The van der Waals surface area contributed by atoms with Gasteiger partial charge >= 0.3 is 17.9 Å². The van der Waals surface area contributed by atoms with Crippen molar-refractivity contribution in [3.63, 3.8) is 0 Å². The number of hydrogen-bond donors (Lipinski definition) is 2. The van der Waals surface area contributed by atoms with E-state index in [1.165, 1.54) is 28.3 Å². The third kappa shape index (κ3) is 5.92. The molecule has 3 fully saturated rings. The van der Waals surface area contributed by atoms with Crippen LogP contribution in [0.15, 0.2) is 65.5 Å². The van der Waals surface area contributed by atoms with Crippen LogP contribution in [-0.2, 0) is 45.8 Å². The predicted octanol–water partition coefficient (Wildman–Crippen LogP) is 6.38. The first-order valence-electron chi connectivity index (χ1n) is 22.7. The number of aliphatic hydroxyl groups is 1. The normalized spacial score (nSPS) is 33.8. The van der Waals surface area contributed by atoms with Crippen LogP contribution in [0.3, 0.4) is 0 Å². The average molecular weight is 897 g/mol. The monoisotopic (exact) mass is 896 g/mol. The smallest absolute Gasteiger partial charge is 0.344 e. The maximum Gasteiger partial charge on any atom is 0.344 e. The molecule has 6 aliphatic rings. The van der Waals surface area contributed by atoms with Crippen LogP contribution in [0.2, 0.25) is 0 Å². The van der Waals surface area contributed by atoms with Gasteiger partial charge in [0.2, 0.25) is 11.5 Å². The lowest BCUT2D eigenvalue weighted by molar-refractivity contribution is -0.228. The SMILES string of the molecule is CC[C@]12C=CCN3CC[C@@]4(c5cc([C@@]6(C(=O)OC)C[C@H]7C[C@@H](C(C)(F)F)CN(CCc8c6[nH]c6ccc(-c9ccoc9)cc86)C7)c(OC)cc5N(C)[C@H]4[C@@](O)(C(=O)OC)[C@@H]1OC(C)=O)[C@@H]32. The summed E-state index contributed by atoms with van der Waals surface area (Å²) in [5, 5.41) is 14.3. The molecule has 65 heavy (non-hydrogen) atoms. The van der Waals surface area contributed by atoms with Gasteiger partial charge in [0, 0.05) is 102 Å². The van der Waals surface area contributed by atoms with Crippen LogP contribution in [0.25, 0.3) is 22.0 Å². The Morgan fingerprint density at radius 2 is 1.78 bits per heavy atom. The Kier molecular flexibility index (Phi) is 10.2. The highest BCUT2D eigenvalue weighted by Crippen LogP contribution is 2.68. The Hall–Kier alpha value is -5.25. The van der Waals surface area contributed by atoms with E-state index in [1.807, 2.05) is 61.4 Å². The van der Waals surface area contributed by atoms with Crippen LogP contribution >= 0.6 is 0 Å². The second-order valence-electron chi connectivity index (χ2n) is 19.6. The molecule has 5 aliphatic heterocycles. The van der Waals surface area contributed by atoms with Crippen molar-refractivity contribution >= 4 is 34.5 Å². The molecule has 2 N–H and O–H groups in total. The van der Waals surface area contributed by atoms with E-state index in [9.17, 15) is 14.7 Å². The highest BCUT2D eigenvalue weighted by atomic mass is 19.3. The molecule has 0 radical (unpaired) electrons. The Bertz CT molecular complexity index is 2610. The second kappa shape index (κ2) is 15.1. The van der Waals surface area contributed by atoms with Gasteiger partial charge in [0.05, 0.1) is 39.9 Å². The number of ether oxygens (including phenoxy) is 4. The number of nitrogens with one attached hydrogen (secondary N) is 1. The zero-order valence-electron chi connectivity index (χ0n) is 38.0. The Balaban J connectivity index is 1.28. The van der Waals surface area contributed by atoms with Gasteiger partial charge in [-0.1, -0.05) is 25.1 Å². The molecule has 346 valence electrons. The van der Waals surface area contributed by atoms with Gasteiger partial charge in [0.15, 0.2) is 6.10 Å². The van der Waals surface area contributed by atoms with Gasteiger partial charge in [0.25, 0.3) is 0 Å². The number of anilines is 1. The fraction of sp³-hybridized carbons (Fsp3) is 0.540. The summed E-state index contributed by atoms with van der Waals surface area (Å²) in [7, 11) is 5.95. The van der Waals surface area contributed by atoms with Crippen LogP contribution in [0, 0.1) is 17.3 Å². The van der Waals surface area contributed by atoms with Gasteiger partial charge in [-0.2, -0.15) is 0 Å². The maximum absolute atomic E-state index is 15.5. The van der Waals surface area contributed by atoms with Gasteiger partial charge in [-0.05, 0) is 92.4 Å². The van der Waals surface area contributed by atoms with Crippen molar-refractivity contribution in [1.29, 1.82) is 0 Å². The van der Waals surface area contributed by atoms with E-state index in [0.717, 1.165) is 40.1 Å². The van der Waals surface area contributed by atoms with E-state index in [0.29, 0.717) is 68.1 Å². The first kappa shape index (κ1) is 43.6. The van der Waals surface area contributed by atoms with E-state index in [4.69, 9.17) is 23.4 Å². The summed E-state index contributed by atoms with van der Waals surface area (Å²) in [6.07, 6.45) is 7.69. The van der Waals surface area contributed by atoms with Crippen LogP contribution < -0.4 is 9.64 Å². The van der Waals surface area contributed by atoms with Gasteiger partial charge < -0.3 is 43.3 Å². The van der Waals surface area contributed by atoms with E-state index in [-0.39, 0.29) is 31.3 Å². The lowest BCUT2D eigenvalue weighted by atomic mass is 9.47. The molecule has 1 aliphatic carbocycles. The number of alkyl halides is 2. The number of furan rings is 1. The third-order valence-corrected chi connectivity index (χ3v) is 16.5. The third-order valence-electron chi connectivity index (χ3n) is 16.5. The first-order valence-corrected chi connectivity index (χ1v) is 22.7. The number of aromatic nitrogens is 1. The summed E-state index contributed by atoms with van der Waals surface area (Å²) in [5.41, 5.74) is -0.0176. The number of rotatable bonds is 8. The van der Waals surface area contributed by atoms with E-state index < -0.39 is 63.7 Å². The largest absolute Gasteiger partial charge is 0.496 e. The molecule has 13 nitrogen and oxygen atoms in total. The van der Waals surface area contributed by atoms with Crippen molar-refractivity contribution in [3.05, 3.63) is 83.5 Å². The number of likely N-dealkylation sites (N-methyl/N-ethyl adjacent to an activating group) is 1. The van der Waals surface area contributed by atoms with Gasteiger partial charge in [0.1, 0.15) is 11.2 Å². The maximum atomic E-state index is 15.5. The number of H-pyrrole nitrogens is 1. The van der Waals surface area contributed by atoms with Gasteiger partial charge in [-0.15, -0.1) is 0 Å². The molecule has 2 aromatic carbocycles. The van der Waals surface area contributed by atoms with Gasteiger partial charge in [-0.3, -0.25) is 14.5 Å². The fourth-order valence-corrected chi connectivity index (χ4v) is 14.1. The summed E-state index contributed by atoms with van der Waals surface area (Å²) in [6.45, 7) is 6.67. The zero-order valence-corrected chi connectivity index (χ0v) is 38.0. The predicted molar refractivity (Wildman–Crippen MR) is 237 cm³/mol. The molecule has 0 amide bonds. The lowest BCUT2D eigenvalue weighted by Gasteiger charge is -2.63. The van der Waals surface area contributed by atoms with Crippen molar-refractivity contribution in [2.75, 3.05) is 66.0 Å². The van der Waals surface area contributed by atoms with Crippen LogP contribution in [0.4, 0.5) is 14.5 Å². The summed E-state index contributed by atoms with van der Waals surface area (Å²) < 4.78 is 60.4. The number of methoxy groups -OCH3 is 3. The van der Waals surface area contributed by atoms with Crippen molar-refractivity contribution in [2.24, 2.45) is 17.3 Å². The molecule has 10 atom stereocenters. The van der Waals surface area contributed by atoms with Gasteiger partial charge in [-0.25, -0.2) is 13.6 Å². The lowest BCUT2D eigenvalue weighted by Crippen LogP contribution is -2.81. The molecule has 10 rings (SSSR count). The number of nitrogens with zero attached hydrogens (tertiary/aromatic N) is 3. The van der Waals surface area contributed by atoms with Crippen molar-refractivity contribution < 1.29 is 51.6 Å². The van der Waals surface area contributed by atoms with Crippen LogP contribution in [0.1, 0.15) is 68.8 Å². The molecule has 1 saturated carbocycles. The zero-order chi connectivity index (χ0) is 46.0. The minimum absolute atomic E-state index is 0.121. The average Bonchev–Trinajstić information content (AvgIpc) is 4.10. The number of carbonyl (C=O) groups excluding carboxylic acids is 3. The summed E-state index contributed by atoms with van der Waals surface area (Å²) in [5.74, 6) is -6.06.